The number of carbonyl (C=O) groups is 1. The van der Waals surface area contributed by atoms with Gasteiger partial charge in [0, 0.05) is 29.2 Å². The third-order valence-electron chi connectivity index (χ3n) is 4.53. The largest absolute Gasteiger partial charge is 0.464 e. The van der Waals surface area contributed by atoms with Crippen molar-refractivity contribution in [1.82, 2.24) is 4.98 Å². The van der Waals surface area contributed by atoms with Gasteiger partial charge in [0.1, 0.15) is 6.04 Å². The van der Waals surface area contributed by atoms with Crippen LogP contribution in [0, 0.1) is 0 Å². The predicted octanol–water partition coefficient (Wildman–Crippen LogP) is 3.47. The fourth-order valence-corrected chi connectivity index (χ4v) is 3.38. The Kier molecular flexibility index (Phi) is 4.93. The van der Waals surface area contributed by atoms with E-state index < -0.39 is 23.3 Å². The molecule has 1 atom stereocenters. The molecule has 2 aromatic rings. The smallest absolute Gasteiger partial charge is 0.417 e. The van der Waals surface area contributed by atoms with Crippen LogP contribution in [0.5, 0.6) is 0 Å². The third kappa shape index (κ3) is 3.54. The zero-order valence-electron chi connectivity index (χ0n) is 14.2. The molecule has 1 aromatic heterocycles. The van der Waals surface area contributed by atoms with Gasteiger partial charge in [0.25, 0.3) is 0 Å². The Morgan fingerprint density at radius 3 is 2.77 bits per heavy atom. The van der Waals surface area contributed by atoms with E-state index in [9.17, 15) is 22.8 Å². The second kappa shape index (κ2) is 7.01. The van der Waals surface area contributed by atoms with Gasteiger partial charge < -0.3 is 14.6 Å². The highest BCUT2D eigenvalue weighted by atomic mass is 19.4. The van der Waals surface area contributed by atoms with Gasteiger partial charge in [-0.15, -0.1) is 0 Å². The number of alkyl halides is 3. The number of carbonyl (C=O) groups excluding carboxylic acids is 1. The molecule has 1 N–H and O–H groups in total. The number of piperidine rings is 1. The summed E-state index contributed by atoms with van der Waals surface area (Å²) >= 11 is 0. The molecule has 0 bridgehead atoms. The Morgan fingerprint density at radius 1 is 1.31 bits per heavy atom. The predicted molar refractivity (Wildman–Crippen MR) is 91.2 cm³/mol. The van der Waals surface area contributed by atoms with Gasteiger partial charge in [-0.05, 0) is 44.4 Å². The van der Waals surface area contributed by atoms with Gasteiger partial charge in [-0.25, -0.2) is 4.79 Å². The molecule has 1 aromatic carbocycles. The lowest BCUT2D eigenvalue weighted by Gasteiger charge is -2.36. The lowest BCUT2D eigenvalue weighted by molar-refractivity contribution is -0.145. The molecular formula is C18H19F3N2O3. The Labute approximate surface area is 147 Å². The summed E-state index contributed by atoms with van der Waals surface area (Å²) in [5, 5.41) is -0.0946. The number of rotatable bonds is 3. The van der Waals surface area contributed by atoms with Crippen LogP contribution >= 0.6 is 0 Å². The lowest BCUT2D eigenvalue weighted by Crippen LogP contribution is -2.45. The maximum absolute atomic E-state index is 13.3. The van der Waals surface area contributed by atoms with E-state index in [0.29, 0.717) is 24.7 Å². The van der Waals surface area contributed by atoms with E-state index in [0.717, 1.165) is 12.8 Å². The highest BCUT2D eigenvalue weighted by Gasteiger charge is 2.34. The summed E-state index contributed by atoms with van der Waals surface area (Å²) in [6.07, 6.45) is -2.36. The van der Waals surface area contributed by atoms with Crippen molar-refractivity contribution in [3.63, 3.8) is 0 Å². The number of aromatic amines is 1. The highest BCUT2D eigenvalue weighted by molar-refractivity contribution is 5.88. The van der Waals surface area contributed by atoms with Crippen LogP contribution < -0.4 is 10.5 Å². The molecule has 5 nitrogen and oxygen atoms in total. The molecule has 1 saturated heterocycles. The van der Waals surface area contributed by atoms with Gasteiger partial charge in [-0.1, -0.05) is 0 Å². The van der Waals surface area contributed by atoms with Crippen molar-refractivity contribution in [2.75, 3.05) is 18.1 Å². The molecule has 1 fully saturated rings. The van der Waals surface area contributed by atoms with Crippen LogP contribution in [0.15, 0.2) is 29.1 Å². The lowest BCUT2D eigenvalue weighted by atomic mass is 10.00. The van der Waals surface area contributed by atoms with Crippen molar-refractivity contribution < 1.29 is 22.7 Å². The van der Waals surface area contributed by atoms with Gasteiger partial charge in [0.2, 0.25) is 5.56 Å². The molecule has 1 aliphatic heterocycles. The molecule has 26 heavy (non-hydrogen) atoms. The number of ether oxygens (including phenoxy) is 1. The molecule has 3 rings (SSSR count). The number of aromatic nitrogens is 1. The maximum atomic E-state index is 13.3. The summed E-state index contributed by atoms with van der Waals surface area (Å²) in [6, 6.07) is 4.49. The number of nitrogens with one attached hydrogen (secondary N) is 1. The Balaban J connectivity index is 2.08. The monoisotopic (exact) mass is 368 g/mol. The van der Waals surface area contributed by atoms with Gasteiger partial charge in [-0.2, -0.15) is 13.2 Å². The van der Waals surface area contributed by atoms with Crippen molar-refractivity contribution in [1.29, 1.82) is 0 Å². The molecule has 2 heterocycles. The number of fused-ring (bicyclic) bond motifs is 1. The van der Waals surface area contributed by atoms with E-state index in [4.69, 9.17) is 4.74 Å². The molecule has 0 saturated carbocycles. The van der Waals surface area contributed by atoms with E-state index in [1.807, 2.05) is 0 Å². The fourth-order valence-electron chi connectivity index (χ4n) is 3.38. The average Bonchev–Trinajstić information content (AvgIpc) is 2.60. The standard InChI is InChI=1S/C18H19F3N2O3/c1-2-26-17(25)15-5-3-4-8-23(15)11-6-7-14-12(9-11)13(18(19,20)21)10-16(24)22-14/h6-7,9-10,15H,2-5,8H2,1H3,(H,22,24). The molecule has 0 spiro atoms. The molecule has 0 aliphatic carbocycles. The Morgan fingerprint density at radius 2 is 2.08 bits per heavy atom. The van der Waals surface area contributed by atoms with Crippen LogP contribution in [0.3, 0.4) is 0 Å². The molecule has 0 radical (unpaired) electrons. The van der Waals surface area contributed by atoms with Crippen molar-refractivity contribution in [3.05, 3.63) is 40.2 Å². The van der Waals surface area contributed by atoms with E-state index in [1.54, 1.807) is 17.9 Å². The summed E-state index contributed by atoms with van der Waals surface area (Å²) in [6.45, 7) is 2.52. The van der Waals surface area contributed by atoms with Crippen molar-refractivity contribution in [2.24, 2.45) is 0 Å². The molecule has 0 amide bonds. The molecule has 8 heteroatoms. The Bertz CT molecular complexity index is 876. The molecule has 140 valence electrons. The van der Waals surface area contributed by atoms with E-state index in [1.165, 1.54) is 12.1 Å². The van der Waals surface area contributed by atoms with E-state index in [-0.39, 0.29) is 23.5 Å². The van der Waals surface area contributed by atoms with E-state index >= 15 is 0 Å². The number of anilines is 1. The zero-order chi connectivity index (χ0) is 18.9. The maximum Gasteiger partial charge on any atom is 0.417 e. The summed E-state index contributed by atoms with van der Waals surface area (Å²) < 4.78 is 45.1. The highest BCUT2D eigenvalue weighted by Crippen LogP contribution is 2.35. The van der Waals surface area contributed by atoms with Crippen LogP contribution in [0.25, 0.3) is 10.9 Å². The van der Waals surface area contributed by atoms with Crippen molar-refractivity contribution in [3.8, 4) is 0 Å². The minimum atomic E-state index is -4.65. The number of pyridine rings is 1. The number of esters is 1. The minimum absolute atomic E-state index is 0.0946. The first-order valence-corrected chi connectivity index (χ1v) is 8.49. The van der Waals surface area contributed by atoms with Gasteiger partial charge in [0.05, 0.1) is 12.2 Å². The summed E-state index contributed by atoms with van der Waals surface area (Å²) in [5.41, 5.74) is -1.17. The second-order valence-electron chi connectivity index (χ2n) is 6.23. The average molecular weight is 368 g/mol. The first-order valence-electron chi connectivity index (χ1n) is 8.49. The molecule has 1 unspecified atom stereocenters. The first-order chi connectivity index (χ1) is 12.3. The quantitative estimate of drug-likeness (QED) is 0.843. The molecular weight excluding hydrogens is 349 g/mol. The second-order valence-corrected chi connectivity index (χ2v) is 6.23. The number of hydrogen-bond donors (Lipinski definition) is 1. The van der Waals surface area contributed by atoms with Gasteiger partial charge in [-0.3, -0.25) is 4.79 Å². The number of H-pyrrole nitrogens is 1. The van der Waals surface area contributed by atoms with Crippen LogP contribution in [-0.4, -0.2) is 30.1 Å². The van der Waals surface area contributed by atoms with Crippen molar-refractivity contribution in [2.45, 2.75) is 38.4 Å². The van der Waals surface area contributed by atoms with Gasteiger partial charge >= 0.3 is 12.1 Å². The van der Waals surface area contributed by atoms with Crippen molar-refractivity contribution >= 4 is 22.6 Å². The fraction of sp³-hybridized carbons (Fsp3) is 0.444. The third-order valence-corrected chi connectivity index (χ3v) is 4.53. The van der Waals surface area contributed by atoms with Crippen LogP contribution in [-0.2, 0) is 15.7 Å². The first kappa shape index (κ1) is 18.3. The normalized spacial score (nSPS) is 18.2. The zero-order valence-corrected chi connectivity index (χ0v) is 14.2. The number of hydrogen-bond acceptors (Lipinski definition) is 4. The summed E-state index contributed by atoms with van der Waals surface area (Å²) in [5.74, 6) is -0.371. The summed E-state index contributed by atoms with van der Waals surface area (Å²) in [7, 11) is 0. The minimum Gasteiger partial charge on any atom is -0.464 e. The Hall–Kier alpha value is -2.51. The van der Waals surface area contributed by atoms with Crippen LogP contribution in [0.4, 0.5) is 18.9 Å². The van der Waals surface area contributed by atoms with E-state index in [2.05, 4.69) is 4.98 Å². The number of benzene rings is 1. The van der Waals surface area contributed by atoms with Crippen LogP contribution in [0.2, 0.25) is 0 Å². The summed E-state index contributed by atoms with van der Waals surface area (Å²) in [4.78, 5) is 28.0. The topological polar surface area (TPSA) is 62.4 Å². The SMILES string of the molecule is CCOC(=O)C1CCCCN1c1ccc2[nH]c(=O)cc(C(F)(F)F)c2c1. The number of halogens is 3. The van der Waals surface area contributed by atoms with Gasteiger partial charge in [0.15, 0.2) is 0 Å². The molecule has 1 aliphatic rings. The number of nitrogens with zero attached hydrogens (tertiary/aromatic N) is 1. The van der Waals surface area contributed by atoms with Crippen LogP contribution in [0.1, 0.15) is 31.7 Å².